The molecule has 2 N–H and O–H groups in total. The van der Waals surface area contributed by atoms with Gasteiger partial charge in [0.1, 0.15) is 48.7 Å². The van der Waals surface area contributed by atoms with Crippen molar-refractivity contribution < 1.29 is 38.0 Å². The normalized spacial score (nSPS) is 21.4. The van der Waals surface area contributed by atoms with Crippen LogP contribution in [-0.4, -0.2) is 76.6 Å². The molecule has 314 valence electrons. The van der Waals surface area contributed by atoms with Crippen LogP contribution in [0.5, 0.6) is 5.75 Å². The van der Waals surface area contributed by atoms with E-state index in [1.165, 1.54) is 21.5 Å². The third-order valence-electron chi connectivity index (χ3n) is 10.6. The molecule has 0 bridgehead atoms. The second-order valence-electron chi connectivity index (χ2n) is 14.5. The van der Waals surface area contributed by atoms with Gasteiger partial charge in [-0.15, -0.1) is 6.58 Å². The first kappa shape index (κ1) is 41.8. The summed E-state index contributed by atoms with van der Waals surface area (Å²) in [5.41, 5.74) is -0.608. The van der Waals surface area contributed by atoms with Gasteiger partial charge in [-0.25, -0.2) is 14.4 Å². The number of carbonyl (C=O) groups excluding carboxylic acids is 1. The summed E-state index contributed by atoms with van der Waals surface area (Å²) in [6.45, 7) is 6.54. The number of H-pyrrole nitrogens is 2. The molecular formula is C44H46N4O12. The molecule has 6 atom stereocenters. The maximum absolute atomic E-state index is 13.6. The van der Waals surface area contributed by atoms with Crippen molar-refractivity contribution in [1.29, 1.82) is 0 Å². The quantitative estimate of drug-likeness (QED) is 0.0862. The monoisotopic (exact) mass is 822 g/mol. The minimum absolute atomic E-state index is 0.00226. The van der Waals surface area contributed by atoms with Crippen LogP contribution >= 0.6 is 0 Å². The van der Waals surface area contributed by atoms with Crippen molar-refractivity contribution in [3.05, 3.63) is 179 Å². The van der Waals surface area contributed by atoms with Gasteiger partial charge in [0.05, 0.1) is 26.4 Å². The van der Waals surface area contributed by atoms with Crippen molar-refractivity contribution >= 4 is 6.16 Å². The fourth-order valence-corrected chi connectivity index (χ4v) is 7.57. The summed E-state index contributed by atoms with van der Waals surface area (Å²) >= 11 is 0. The predicted octanol–water partition coefficient (Wildman–Crippen LogP) is 4.39. The largest absolute Gasteiger partial charge is 0.508 e. The Bertz CT molecular complexity index is 2480. The van der Waals surface area contributed by atoms with Crippen LogP contribution in [0.1, 0.15) is 53.1 Å². The number of aromatic nitrogens is 4. The number of nitrogens with zero attached hydrogens (tertiary/aromatic N) is 2. The van der Waals surface area contributed by atoms with Gasteiger partial charge in [-0.05, 0) is 42.7 Å². The number of nitrogens with one attached hydrogen (secondary N) is 2. The zero-order valence-electron chi connectivity index (χ0n) is 33.3. The second-order valence-corrected chi connectivity index (χ2v) is 14.5. The lowest BCUT2D eigenvalue weighted by Gasteiger charge is -2.37. The van der Waals surface area contributed by atoms with Gasteiger partial charge >= 0.3 is 17.5 Å². The smallest absolute Gasteiger partial charge is 0.497 e. The summed E-state index contributed by atoms with van der Waals surface area (Å²) in [6.07, 6.45) is -1.65. The zero-order chi connectivity index (χ0) is 42.4. The number of aryl methyl sites for hydroxylation is 2. The van der Waals surface area contributed by atoms with E-state index in [0.717, 1.165) is 16.7 Å². The highest BCUT2D eigenvalue weighted by Gasteiger charge is 2.45. The van der Waals surface area contributed by atoms with Gasteiger partial charge in [0.15, 0.2) is 0 Å². The number of benzene rings is 3. The van der Waals surface area contributed by atoms with Gasteiger partial charge < -0.3 is 33.2 Å². The van der Waals surface area contributed by atoms with Crippen LogP contribution < -0.4 is 27.2 Å². The molecule has 5 aromatic rings. The van der Waals surface area contributed by atoms with Crippen LogP contribution in [0.3, 0.4) is 0 Å². The molecule has 7 rings (SSSR count). The number of aromatic amines is 2. The maximum atomic E-state index is 13.6. The Hall–Kier alpha value is -6.33. The third kappa shape index (κ3) is 8.82. The molecule has 2 aliphatic heterocycles. The molecule has 0 saturated carbocycles. The molecule has 0 radical (unpaired) electrons. The molecule has 3 aromatic carbocycles. The third-order valence-corrected chi connectivity index (χ3v) is 10.6. The second kappa shape index (κ2) is 18.3. The van der Waals surface area contributed by atoms with Crippen LogP contribution in [0, 0.1) is 13.8 Å². The van der Waals surface area contributed by atoms with E-state index >= 15 is 0 Å². The van der Waals surface area contributed by atoms with Gasteiger partial charge in [-0.3, -0.25) is 28.7 Å². The van der Waals surface area contributed by atoms with Crippen molar-refractivity contribution in [2.75, 3.05) is 26.9 Å². The predicted molar refractivity (Wildman–Crippen MR) is 217 cm³/mol. The van der Waals surface area contributed by atoms with Crippen molar-refractivity contribution in [3.8, 4) is 5.75 Å². The molecule has 0 spiro atoms. The Labute approximate surface area is 343 Å². The Morgan fingerprint density at radius 1 is 0.750 bits per heavy atom. The number of ether oxygens (including phenoxy) is 7. The first-order valence-electron chi connectivity index (χ1n) is 19.4. The van der Waals surface area contributed by atoms with Crippen molar-refractivity contribution in [1.82, 2.24) is 19.1 Å². The fourth-order valence-electron chi connectivity index (χ4n) is 7.57. The standard InChI is InChI=1S/C44H46N4O12/c1-5-20-55-33-21-37(47-23-27(2)39(49)45-41(47)51)58-35(33)25-56-43(53)60-34-22-38(48-24-28(3)40(50)46-42(48)52)59-36(34)26-57-44(29-12-8-6-9-13-29,30-14-10-7-11-15-30)31-16-18-32(54-4)19-17-31/h5-19,23-24,33-38H,1,20-22,25-26H2,2-4H3,(H,45,49,51)(H,46,50,52)/t33-,34-,35+,36+,37+,38+/m0/s1. The van der Waals surface area contributed by atoms with Crippen molar-refractivity contribution in [2.45, 2.75) is 69.2 Å². The van der Waals surface area contributed by atoms with Gasteiger partial charge in [-0.1, -0.05) is 78.9 Å². The molecule has 0 amide bonds. The fraction of sp³-hybridized carbons (Fsp3) is 0.341. The lowest BCUT2D eigenvalue weighted by Crippen LogP contribution is -2.39. The van der Waals surface area contributed by atoms with Crippen LogP contribution in [0.2, 0.25) is 0 Å². The average molecular weight is 823 g/mol. The first-order chi connectivity index (χ1) is 29.0. The molecule has 4 heterocycles. The molecule has 16 nitrogen and oxygen atoms in total. The molecule has 2 aromatic heterocycles. The summed E-state index contributed by atoms with van der Waals surface area (Å²) in [7, 11) is 1.59. The lowest BCUT2D eigenvalue weighted by molar-refractivity contribution is -0.104. The van der Waals surface area contributed by atoms with E-state index in [0.29, 0.717) is 11.3 Å². The maximum Gasteiger partial charge on any atom is 0.508 e. The lowest BCUT2D eigenvalue weighted by atomic mass is 9.80. The minimum atomic E-state index is -1.20. The summed E-state index contributed by atoms with van der Waals surface area (Å²) in [5.74, 6) is 0.655. The first-order valence-corrected chi connectivity index (χ1v) is 19.4. The van der Waals surface area contributed by atoms with E-state index in [9.17, 15) is 24.0 Å². The summed E-state index contributed by atoms with van der Waals surface area (Å²) in [6, 6.07) is 26.8. The van der Waals surface area contributed by atoms with E-state index in [4.69, 9.17) is 33.2 Å². The highest BCUT2D eigenvalue weighted by Crippen LogP contribution is 2.42. The van der Waals surface area contributed by atoms with Gasteiger partial charge in [-0.2, -0.15) is 0 Å². The van der Waals surface area contributed by atoms with Gasteiger partial charge in [0, 0.05) is 36.4 Å². The molecular weight excluding hydrogens is 776 g/mol. The average Bonchev–Trinajstić information content (AvgIpc) is 3.86. The van der Waals surface area contributed by atoms with Gasteiger partial charge in [0.25, 0.3) is 11.1 Å². The highest BCUT2D eigenvalue weighted by atomic mass is 16.7. The Morgan fingerprint density at radius 3 is 1.77 bits per heavy atom. The van der Waals surface area contributed by atoms with E-state index < -0.39 is 71.1 Å². The Kier molecular flexibility index (Phi) is 12.8. The zero-order valence-corrected chi connectivity index (χ0v) is 33.3. The van der Waals surface area contributed by atoms with E-state index in [1.807, 2.05) is 84.9 Å². The van der Waals surface area contributed by atoms with E-state index in [-0.39, 0.29) is 38.2 Å². The molecule has 0 unspecified atom stereocenters. The molecule has 60 heavy (non-hydrogen) atoms. The number of hydrogen-bond acceptors (Lipinski definition) is 12. The molecule has 2 aliphatic rings. The topological polar surface area (TPSA) is 191 Å². The van der Waals surface area contributed by atoms with Crippen LogP contribution in [0.15, 0.2) is 129 Å². The summed E-state index contributed by atoms with van der Waals surface area (Å²) in [4.78, 5) is 68.1. The minimum Gasteiger partial charge on any atom is -0.497 e. The number of rotatable bonds is 15. The molecule has 2 saturated heterocycles. The number of hydrogen-bond donors (Lipinski definition) is 2. The van der Waals surface area contributed by atoms with Crippen molar-refractivity contribution in [2.24, 2.45) is 0 Å². The number of methoxy groups -OCH3 is 1. The van der Waals surface area contributed by atoms with Crippen LogP contribution in [0.25, 0.3) is 0 Å². The van der Waals surface area contributed by atoms with Crippen molar-refractivity contribution in [3.63, 3.8) is 0 Å². The Balaban J connectivity index is 1.16. The number of carbonyl (C=O) groups is 1. The van der Waals surface area contributed by atoms with Crippen LogP contribution in [0.4, 0.5) is 4.79 Å². The highest BCUT2D eigenvalue weighted by molar-refractivity contribution is 5.60. The summed E-state index contributed by atoms with van der Waals surface area (Å²) < 4.78 is 45.1. The molecule has 2 fully saturated rings. The van der Waals surface area contributed by atoms with Crippen LogP contribution in [-0.2, 0) is 34.0 Å². The van der Waals surface area contributed by atoms with E-state index in [2.05, 4.69) is 16.5 Å². The van der Waals surface area contributed by atoms with E-state index in [1.54, 1.807) is 27.0 Å². The molecule has 16 heteroatoms. The molecule has 0 aliphatic carbocycles. The summed E-state index contributed by atoms with van der Waals surface area (Å²) in [5, 5.41) is 0. The SMILES string of the molecule is C=CCO[C@H]1C[C@H](n2cc(C)c(=O)[nH]c2=O)O[C@@H]1COC(=O)O[C@H]1C[C@H](n2cc(C)c(=O)[nH]c2=O)O[C@@H]1COC(c1ccccc1)(c1ccccc1)c1ccc(OC)cc1. The van der Waals surface area contributed by atoms with Gasteiger partial charge in [0.2, 0.25) is 0 Å². The Morgan fingerprint density at radius 2 is 1.25 bits per heavy atom.